The number of hydrogen-bond donors (Lipinski definition) is 2. The molecule has 0 radical (unpaired) electrons. The van der Waals surface area contributed by atoms with Crippen LogP contribution in [0.5, 0.6) is 0 Å². The first-order chi connectivity index (χ1) is 7.74. The van der Waals surface area contributed by atoms with Crippen molar-refractivity contribution in [3.63, 3.8) is 0 Å². The van der Waals surface area contributed by atoms with Crippen molar-refractivity contribution in [3.8, 4) is 0 Å². The average molecular weight is 227 g/mol. The van der Waals surface area contributed by atoms with Gasteiger partial charge in [-0.25, -0.2) is 0 Å². The average Bonchev–Trinajstić information content (AvgIpc) is 2.79. The highest BCUT2D eigenvalue weighted by Gasteiger charge is 2.16. The van der Waals surface area contributed by atoms with E-state index in [0.717, 1.165) is 19.5 Å². The Labute approximate surface area is 98.8 Å². The van der Waals surface area contributed by atoms with Gasteiger partial charge in [0.05, 0.1) is 6.54 Å². The van der Waals surface area contributed by atoms with Crippen molar-refractivity contribution in [2.45, 2.75) is 38.1 Å². The van der Waals surface area contributed by atoms with Gasteiger partial charge >= 0.3 is 0 Å². The Balaban J connectivity index is 2.08. The highest BCUT2D eigenvalue weighted by Crippen LogP contribution is 2.17. The Morgan fingerprint density at radius 1 is 1.38 bits per heavy atom. The van der Waals surface area contributed by atoms with Crippen molar-refractivity contribution < 1.29 is 4.79 Å². The second kappa shape index (κ2) is 7.63. The van der Waals surface area contributed by atoms with Crippen LogP contribution >= 0.6 is 0 Å². The summed E-state index contributed by atoms with van der Waals surface area (Å²) < 4.78 is 0. The molecule has 1 saturated carbocycles. The van der Waals surface area contributed by atoms with Crippen LogP contribution in [0.1, 0.15) is 32.1 Å². The largest absolute Gasteiger partial charge is 0.345 e. The van der Waals surface area contributed by atoms with Crippen molar-refractivity contribution >= 4 is 5.91 Å². The molecule has 0 aromatic carbocycles. The quantitative estimate of drug-likeness (QED) is 0.626. The summed E-state index contributed by atoms with van der Waals surface area (Å²) >= 11 is 0. The Hall–Kier alpha value is -0.610. The number of hydrogen-bond acceptors (Lipinski definition) is 3. The minimum absolute atomic E-state index is 0.211. The summed E-state index contributed by atoms with van der Waals surface area (Å²) in [7, 11) is 3.82. The summed E-state index contributed by atoms with van der Waals surface area (Å²) in [5, 5.41) is 6.43. The van der Waals surface area contributed by atoms with Crippen LogP contribution in [0.4, 0.5) is 0 Å². The highest BCUT2D eigenvalue weighted by molar-refractivity contribution is 5.77. The molecule has 1 amide bonds. The Kier molecular flexibility index (Phi) is 6.42. The molecule has 4 nitrogen and oxygen atoms in total. The van der Waals surface area contributed by atoms with Gasteiger partial charge in [0.1, 0.15) is 0 Å². The van der Waals surface area contributed by atoms with Crippen LogP contribution in [0, 0.1) is 0 Å². The van der Waals surface area contributed by atoms with Crippen LogP contribution in [0.3, 0.4) is 0 Å². The lowest BCUT2D eigenvalue weighted by Crippen LogP contribution is -2.39. The van der Waals surface area contributed by atoms with Crippen LogP contribution in [0.25, 0.3) is 0 Å². The maximum absolute atomic E-state index is 11.7. The molecule has 0 bridgehead atoms. The molecule has 1 aliphatic rings. The summed E-state index contributed by atoms with van der Waals surface area (Å²) in [5.41, 5.74) is 0. The first-order valence-electron chi connectivity index (χ1n) is 6.36. The smallest absolute Gasteiger partial charge is 0.236 e. The van der Waals surface area contributed by atoms with E-state index in [9.17, 15) is 4.79 Å². The summed E-state index contributed by atoms with van der Waals surface area (Å²) in [6.07, 6.45) is 6.10. The lowest BCUT2D eigenvalue weighted by Gasteiger charge is -2.19. The molecule has 94 valence electrons. The predicted molar refractivity (Wildman–Crippen MR) is 66.4 cm³/mol. The van der Waals surface area contributed by atoms with Crippen LogP contribution in [-0.4, -0.2) is 50.6 Å². The number of nitrogens with one attached hydrogen (secondary N) is 2. The van der Waals surface area contributed by atoms with Gasteiger partial charge in [-0.15, -0.1) is 0 Å². The zero-order chi connectivity index (χ0) is 11.8. The molecule has 1 fully saturated rings. The third kappa shape index (κ3) is 4.94. The topological polar surface area (TPSA) is 44.4 Å². The molecular formula is C12H25N3O. The molecule has 2 N–H and O–H groups in total. The van der Waals surface area contributed by atoms with Gasteiger partial charge in [0.15, 0.2) is 0 Å². The van der Waals surface area contributed by atoms with Crippen molar-refractivity contribution in [2.75, 3.05) is 33.7 Å². The van der Waals surface area contributed by atoms with Gasteiger partial charge in [0, 0.05) is 19.6 Å². The maximum Gasteiger partial charge on any atom is 0.236 e. The molecule has 1 rings (SSSR count). The predicted octanol–water partition coefficient (Wildman–Crippen LogP) is 0.587. The minimum atomic E-state index is 0.211. The molecule has 0 aromatic heterocycles. The normalized spacial score (nSPS) is 16.6. The molecular weight excluding hydrogens is 202 g/mol. The number of carbonyl (C=O) groups is 1. The standard InChI is InChI=1S/C12H25N3O/c1-13-8-5-9-15(2)12(16)10-14-11-6-3-4-7-11/h11,13-14H,3-10H2,1-2H3. The van der Waals surface area contributed by atoms with E-state index in [1.54, 1.807) is 0 Å². The van der Waals surface area contributed by atoms with E-state index < -0.39 is 0 Å². The fourth-order valence-corrected chi connectivity index (χ4v) is 2.11. The van der Waals surface area contributed by atoms with Crippen molar-refractivity contribution in [3.05, 3.63) is 0 Å². The van der Waals surface area contributed by atoms with E-state index in [0.29, 0.717) is 12.6 Å². The van der Waals surface area contributed by atoms with E-state index in [1.165, 1.54) is 25.7 Å². The number of likely N-dealkylation sites (N-methyl/N-ethyl adjacent to an activating group) is 1. The van der Waals surface area contributed by atoms with E-state index >= 15 is 0 Å². The lowest BCUT2D eigenvalue weighted by atomic mass is 10.2. The van der Waals surface area contributed by atoms with Gasteiger partial charge in [-0.1, -0.05) is 12.8 Å². The molecule has 4 heteroatoms. The second-order valence-electron chi connectivity index (χ2n) is 4.63. The third-order valence-corrected chi connectivity index (χ3v) is 3.24. The second-order valence-corrected chi connectivity index (χ2v) is 4.63. The summed E-state index contributed by atoms with van der Waals surface area (Å²) in [6.45, 7) is 2.31. The third-order valence-electron chi connectivity index (χ3n) is 3.24. The van der Waals surface area contributed by atoms with Gasteiger partial charge in [-0.05, 0) is 32.9 Å². The summed E-state index contributed by atoms with van der Waals surface area (Å²) in [6, 6.07) is 0.578. The summed E-state index contributed by atoms with van der Waals surface area (Å²) in [4.78, 5) is 13.6. The van der Waals surface area contributed by atoms with E-state index in [2.05, 4.69) is 10.6 Å². The molecule has 0 saturated heterocycles. The Morgan fingerprint density at radius 3 is 2.69 bits per heavy atom. The highest BCUT2D eigenvalue weighted by atomic mass is 16.2. The number of amides is 1. The number of nitrogens with zero attached hydrogens (tertiary/aromatic N) is 1. The van der Waals surface area contributed by atoms with Crippen molar-refractivity contribution in [2.24, 2.45) is 0 Å². The van der Waals surface area contributed by atoms with Gasteiger partial charge in [0.25, 0.3) is 0 Å². The van der Waals surface area contributed by atoms with Crippen LogP contribution in [0.2, 0.25) is 0 Å². The fraction of sp³-hybridized carbons (Fsp3) is 0.917. The Morgan fingerprint density at radius 2 is 2.06 bits per heavy atom. The molecule has 0 aromatic rings. The minimum Gasteiger partial charge on any atom is -0.345 e. The molecule has 0 heterocycles. The number of carbonyl (C=O) groups excluding carboxylic acids is 1. The van der Waals surface area contributed by atoms with Gasteiger partial charge in [0.2, 0.25) is 5.91 Å². The van der Waals surface area contributed by atoms with Crippen LogP contribution in [0.15, 0.2) is 0 Å². The van der Waals surface area contributed by atoms with E-state index in [4.69, 9.17) is 0 Å². The molecule has 16 heavy (non-hydrogen) atoms. The molecule has 0 unspecified atom stereocenters. The first kappa shape index (κ1) is 13.5. The van der Waals surface area contributed by atoms with Crippen LogP contribution < -0.4 is 10.6 Å². The lowest BCUT2D eigenvalue weighted by molar-refractivity contribution is -0.129. The molecule has 0 atom stereocenters. The fourth-order valence-electron chi connectivity index (χ4n) is 2.11. The molecule has 0 aliphatic heterocycles. The zero-order valence-electron chi connectivity index (χ0n) is 10.6. The SMILES string of the molecule is CNCCCN(C)C(=O)CNC1CCCC1. The van der Waals surface area contributed by atoms with E-state index in [-0.39, 0.29) is 5.91 Å². The summed E-state index contributed by atoms with van der Waals surface area (Å²) in [5.74, 6) is 0.211. The zero-order valence-corrected chi connectivity index (χ0v) is 10.6. The van der Waals surface area contributed by atoms with Crippen molar-refractivity contribution in [1.82, 2.24) is 15.5 Å². The van der Waals surface area contributed by atoms with Gasteiger partial charge < -0.3 is 15.5 Å². The molecule has 1 aliphatic carbocycles. The first-order valence-corrected chi connectivity index (χ1v) is 6.36. The van der Waals surface area contributed by atoms with E-state index in [1.807, 2.05) is 19.0 Å². The number of rotatable bonds is 7. The van der Waals surface area contributed by atoms with Gasteiger partial charge in [-0.2, -0.15) is 0 Å². The maximum atomic E-state index is 11.7. The Bertz CT molecular complexity index is 202. The van der Waals surface area contributed by atoms with Crippen molar-refractivity contribution in [1.29, 1.82) is 0 Å². The molecule has 0 spiro atoms. The monoisotopic (exact) mass is 227 g/mol. The van der Waals surface area contributed by atoms with Crippen LogP contribution in [-0.2, 0) is 4.79 Å². The van der Waals surface area contributed by atoms with Gasteiger partial charge in [-0.3, -0.25) is 4.79 Å².